The number of carbonyl (C=O) groups excluding carboxylic acids is 1. The van der Waals surface area contributed by atoms with Crippen LogP contribution in [0.25, 0.3) is 10.9 Å². The van der Waals surface area contributed by atoms with E-state index in [1.54, 1.807) is 7.11 Å². The van der Waals surface area contributed by atoms with Crippen LogP contribution in [0.2, 0.25) is 0 Å². The summed E-state index contributed by atoms with van der Waals surface area (Å²) >= 11 is 0. The molecule has 3 fully saturated rings. The number of hydrogen-bond acceptors (Lipinski definition) is 6. The number of carbonyl (C=O) groups is 2. The number of nitriles is 1. The molecule has 3 aliphatic rings. The summed E-state index contributed by atoms with van der Waals surface area (Å²) in [7, 11) is 1.72. The lowest BCUT2D eigenvalue weighted by Crippen LogP contribution is -2.48. The van der Waals surface area contributed by atoms with E-state index in [4.69, 9.17) is 9.47 Å². The lowest BCUT2D eigenvalue weighted by Gasteiger charge is -2.53. The minimum atomic E-state index is -1.01. The number of likely N-dealkylation sites (tertiary alicyclic amines) is 1. The van der Waals surface area contributed by atoms with Crippen molar-refractivity contribution in [1.82, 2.24) is 15.2 Å². The predicted octanol–water partition coefficient (Wildman–Crippen LogP) is 5.35. The minimum Gasteiger partial charge on any atom is -0.496 e. The molecule has 3 aromatic rings. The largest absolute Gasteiger partial charge is 0.496 e. The predicted molar refractivity (Wildman–Crippen MR) is 162 cm³/mol. The van der Waals surface area contributed by atoms with Gasteiger partial charge in [-0.2, -0.15) is 5.26 Å². The zero-order valence-electron chi connectivity index (χ0n) is 24.9. The molecule has 2 saturated heterocycles. The SMILES string of the molecule is COc1cc(C)c2[nH]ccc2c1CN1CCC2(CC(C#N)C2)C[C@H]1c1ccc(C(=O)NC(C(=O)O)C2CCOCC2)cc1. The monoisotopic (exact) mass is 584 g/mol. The second kappa shape index (κ2) is 12.0. The smallest absolute Gasteiger partial charge is 0.326 e. The van der Waals surface area contributed by atoms with E-state index < -0.39 is 12.0 Å². The normalized spacial score (nSPS) is 25.1. The van der Waals surface area contributed by atoms with Crippen LogP contribution in [0.15, 0.2) is 42.6 Å². The number of hydrogen-bond donors (Lipinski definition) is 3. The minimum absolute atomic E-state index is 0.111. The molecule has 1 saturated carbocycles. The van der Waals surface area contributed by atoms with Crippen LogP contribution in [0.5, 0.6) is 5.75 Å². The molecule has 3 heterocycles. The Kier molecular flexibility index (Phi) is 8.17. The molecule has 1 aromatic heterocycles. The third kappa shape index (κ3) is 5.74. The fraction of sp³-hybridized carbons (Fsp3) is 0.500. The van der Waals surface area contributed by atoms with Gasteiger partial charge < -0.3 is 24.9 Å². The van der Waals surface area contributed by atoms with E-state index in [-0.39, 0.29) is 29.2 Å². The number of benzene rings is 2. The average molecular weight is 585 g/mol. The van der Waals surface area contributed by atoms with Gasteiger partial charge in [0.1, 0.15) is 11.8 Å². The Morgan fingerprint density at radius 3 is 2.63 bits per heavy atom. The molecule has 0 bridgehead atoms. The Labute approximate surface area is 252 Å². The summed E-state index contributed by atoms with van der Waals surface area (Å²) in [5.74, 6) is -0.530. The van der Waals surface area contributed by atoms with Gasteiger partial charge in [-0.05, 0) is 98.7 Å². The van der Waals surface area contributed by atoms with E-state index in [1.165, 1.54) is 0 Å². The number of H-pyrrole nitrogens is 1. The van der Waals surface area contributed by atoms with Crippen LogP contribution in [0.1, 0.15) is 71.6 Å². The molecular weight excluding hydrogens is 544 g/mol. The molecule has 9 heteroatoms. The number of ether oxygens (including phenoxy) is 2. The van der Waals surface area contributed by atoms with Crippen molar-refractivity contribution in [2.24, 2.45) is 17.3 Å². The topological polar surface area (TPSA) is 128 Å². The first-order valence-corrected chi connectivity index (χ1v) is 15.3. The summed E-state index contributed by atoms with van der Waals surface area (Å²) in [5.41, 5.74) is 5.14. The van der Waals surface area contributed by atoms with E-state index >= 15 is 0 Å². The van der Waals surface area contributed by atoms with Crippen LogP contribution >= 0.6 is 0 Å². The molecule has 1 spiro atoms. The fourth-order valence-corrected chi connectivity index (χ4v) is 7.64. The maximum Gasteiger partial charge on any atom is 0.326 e. The van der Waals surface area contributed by atoms with E-state index in [2.05, 4.69) is 40.3 Å². The molecule has 1 amide bonds. The van der Waals surface area contributed by atoms with Gasteiger partial charge in [0.25, 0.3) is 5.91 Å². The number of amides is 1. The first-order chi connectivity index (χ1) is 20.8. The number of aromatic nitrogens is 1. The maximum atomic E-state index is 13.2. The van der Waals surface area contributed by atoms with E-state index in [0.29, 0.717) is 38.2 Å². The van der Waals surface area contributed by atoms with Crippen LogP contribution in [0.3, 0.4) is 0 Å². The highest BCUT2D eigenvalue weighted by Gasteiger charge is 2.49. The van der Waals surface area contributed by atoms with Crippen molar-refractivity contribution in [2.45, 2.75) is 64.1 Å². The summed E-state index contributed by atoms with van der Waals surface area (Å²) in [6, 6.07) is 13.5. The molecule has 2 aliphatic heterocycles. The zero-order valence-corrected chi connectivity index (χ0v) is 24.9. The number of nitrogens with zero attached hydrogens (tertiary/aromatic N) is 2. The molecule has 1 unspecified atom stereocenters. The van der Waals surface area contributed by atoms with E-state index in [9.17, 15) is 20.0 Å². The van der Waals surface area contributed by atoms with Gasteiger partial charge in [0.2, 0.25) is 0 Å². The first-order valence-electron chi connectivity index (χ1n) is 15.3. The number of aryl methyl sites for hydroxylation is 1. The third-order valence-electron chi connectivity index (χ3n) is 10.1. The van der Waals surface area contributed by atoms with Crippen molar-refractivity contribution in [2.75, 3.05) is 26.9 Å². The Morgan fingerprint density at radius 1 is 1.21 bits per heavy atom. The van der Waals surface area contributed by atoms with Gasteiger partial charge >= 0.3 is 5.97 Å². The summed E-state index contributed by atoms with van der Waals surface area (Å²) in [5, 5.41) is 23.2. The Balaban J connectivity index is 1.25. The van der Waals surface area contributed by atoms with E-state index in [0.717, 1.165) is 65.6 Å². The van der Waals surface area contributed by atoms with Gasteiger partial charge in [0.05, 0.1) is 13.2 Å². The number of piperidine rings is 1. The van der Waals surface area contributed by atoms with Crippen LogP contribution in [-0.2, 0) is 16.1 Å². The zero-order chi connectivity index (χ0) is 30.1. The van der Waals surface area contributed by atoms with E-state index in [1.807, 2.05) is 30.5 Å². The van der Waals surface area contributed by atoms with Crippen LogP contribution < -0.4 is 10.1 Å². The molecule has 0 radical (unpaired) electrons. The number of fused-ring (bicyclic) bond motifs is 1. The summed E-state index contributed by atoms with van der Waals surface area (Å²) in [6.45, 7) is 4.73. The van der Waals surface area contributed by atoms with Crippen molar-refractivity contribution in [3.8, 4) is 11.8 Å². The summed E-state index contributed by atoms with van der Waals surface area (Å²) in [4.78, 5) is 31.0. The van der Waals surface area contributed by atoms with Crippen molar-refractivity contribution in [1.29, 1.82) is 5.26 Å². The highest BCUT2D eigenvalue weighted by Crippen LogP contribution is 2.56. The molecule has 1 aliphatic carbocycles. The second-order valence-electron chi connectivity index (χ2n) is 12.7. The number of aliphatic carboxylic acids is 1. The molecule has 6 rings (SSSR count). The molecule has 9 nitrogen and oxygen atoms in total. The number of rotatable bonds is 8. The number of carboxylic acid groups (broad SMARTS) is 1. The van der Waals surface area contributed by atoms with Crippen molar-refractivity contribution in [3.05, 3.63) is 64.8 Å². The Bertz CT molecular complexity index is 1530. The number of aromatic amines is 1. The Hall–Kier alpha value is -3.87. The number of carboxylic acids is 1. The maximum absolute atomic E-state index is 13.2. The molecule has 226 valence electrons. The summed E-state index contributed by atoms with van der Waals surface area (Å²) in [6.07, 6.45) is 7.08. The van der Waals surface area contributed by atoms with Crippen molar-refractivity contribution < 1.29 is 24.2 Å². The highest BCUT2D eigenvalue weighted by atomic mass is 16.5. The first kappa shape index (κ1) is 29.2. The van der Waals surface area contributed by atoms with Gasteiger partial charge in [-0.1, -0.05) is 12.1 Å². The average Bonchev–Trinajstić information content (AvgIpc) is 3.51. The third-order valence-corrected chi connectivity index (χ3v) is 10.1. The fourth-order valence-electron chi connectivity index (χ4n) is 7.64. The summed E-state index contributed by atoms with van der Waals surface area (Å²) < 4.78 is 11.2. The quantitative estimate of drug-likeness (QED) is 0.326. The number of methoxy groups -OCH3 is 1. The van der Waals surface area contributed by atoms with Gasteiger partial charge in [0, 0.05) is 59.9 Å². The molecule has 43 heavy (non-hydrogen) atoms. The van der Waals surface area contributed by atoms with Gasteiger partial charge in [-0.25, -0.2) is 4.79 Å². The van der Waals surface area contributed by atoms with Crippen molar-refractivity contribution >= 4 is 22.8 Å². The lowest BCUT2D eigenvalue weighted by molar-refractivity contribution is -0.141. The van der Waals surface area contributed by atoms with Crippen LogP contribution in [-0.4, -0.2) is 59.8 Å². The second-order valence-corrected chi connectivity index (χ2v) is 12.7. The van der Waals surface area contributed by atoms with Gasteiger partial charge in [-0.15, -0.1) is 0 Å². The van der Waals surface area contributed by atoms with Gasteiger partial charge in [-0.3, -0.25) is 9.69 Å². The lowest BCUT2D eigenvalue weighted by atomic mass is 9.56. The Morgan fingerprint density at radius 2 is 1.95 bits per heavy atom. The number of nitrogens with one attached hydrogen (secondary N) is 2. The van der Waals surface area contributed by atoms with Crippen LogP contribution in [0, 0.1) is 35.5 Å². The molecular formula is C34H40N4O5. The van der Waals surface area contributed by atoms with Crippen LogP contribution in [0.4, 0.5) is 0 Å². The van der Waals surface area contributed by atoms with Crippen molar-refractivity contribution in [3.63, 3.8) is 0 Å². The molecule has 2 atom stereocenters. The highest BCUT2D eigenvalue weighted by molar-refractivity contribution is 5.96. The molecule has 2 aromatic carbocycles. The molecule has 3 N–H and O–H groups in total. The standard InChI is InChI=1S/C34H40N4O5/c1-21-15-29(42-2)27(26-7-11-36-30(21)26)20-38-12-10-34(16-22(17-34)19-35)18-28(38)23-3-5-25(6-4-23)32(39)37-31(33(40)41)24-8-13-43-14-9-24/h3-7,11,15,22,24,28,31,36H,8-10,12-14,16-18,20H2,1-2H3,(H,37,39)(H,40,41)/t22?,28-,31?,34?/m0/s1. The van der Waals surface area contributed by atoms with Gasteiger partial charge in [0.15, 0.2) is 0 Å².